The van der Waals surface area contributed by atoms with E-state index in [9.17, 15) is 0 Å². The zero-order valence-corrected chi connectivity index (χ0v) is 13.5. The summed E-state index contributed by atoms with van der Waals surface area (Å²) in [4.78, 5) is 10.2. The first-order valence-corrected chi connectivity index (χ1v) is 7.95. The summed E-state index contributed by atoms with van der Waals surface area (Å²) in [5, 5.41) is 4.66. The maximum Gasteiger partial charge on any atom is 0.124 e. The van der Waals surface area contributed by atoms with Gasteiger partial charge in [-0.2, -0.15) is 0 Å². The first-order valence-electron chi connectivity index (χ1n) is 7.13. The third kappa shape index (κ3) is 4.12. The van der Waals surface area contributed by atoms with E-state index < -0.39 is 0 Å². The van der Waals surface area contributed by atoms with Gasteiger partial charge in [-0.25, -0.2) is 4.98 Å². The van der Waals surface area contributed by atoms with Crippen LogP contribution in [0, 0.1) is 0 Å². The molecule has 4 heteroatoms. The maximum atomic E-state index is 4.82. The van der Waals surface area contributed by atoms with Crippen LogP contribution in [0.15, 0.2) is 24.5 Å². The summed E-state index contributed by atoms with van der Waals surface area (Å²) < 4.78 is 0. The largest absolute Gasteiger partial charge is 0.307 e. The number of hydrogen-bond acceptors (Lipinski definition) is 4. The molecule has 0 atom stereocenters. The highest BCUT2D eigenvalue weighted by Crippen LogP contribution is 2.28. The van der Waals surface area contributed by atoms with Gasteiger partial charge >= 0.3 is 0 Å². The highest BCUT2D eigenvalue weighted by molar-refractivity contribution is 7.15. The average Bonchev–Trinajstić information content (AvgIpc) is 2.80. The van der Waals surface area contributed by atoms with Gasteiger partial charge in [0.2, 0.25) is 0 Å². The molecule has 0 saturated heterocycles. The summed E-state index contributed by atoms with van der Waals surface area (Å²) in [7, 11) is 0. The molecule has 0 saturated carbocycles. The first-order chi connectivity index (χ1) is 9.49. The Kier molecular flexibility index (Phi) is 4.89. The number of hydrogen-bond donors (Lipinski definition) is 1. The lowest BCUT2D eigenvalue weighted by atomic mass is 10.1. The number of aryl methyl sites for hydroxylation is 1. The standard InChI is InChI=1S/C16H23N3S/c1-5-6-13-14(11-18-16(2,3)4)20-15(19-13)12-7-9-17-10-8-12/h7-10,18H,5-6,11H2,1-4H3. The van der Waals surface area contributed by atoms with Crippen LogP contribution in [0.5, 0.6) is 0 Å². The molecule has 0 bridgehead atoms. The molecule has 2 aromatic rings. The van der Waals surface area contributed by atoms with Crippen molar-refractivity contribution >= 4 is 11.3 Å². The molecule has 0 aliphatic carbocycles. The van der Waals surface area contributed by atoms with Gasteiger partial charge in [0.05, 0.1) is 5.69 Å². The first kappa shape index (κ1) is 15.1. The topological polar surface area (TPSA) is 37.8 Å². The van der Waals surface area contributed by atoms with Crippen molar-refractivity contribution in [2.75, 3.05) is 0 Å². The van der Waals surface area contributed by atoms with Gasteiger partial charge in [0.1, 0.15) is 5.01 Å². The summed E-state index contributed by atoms with van der Waals surface area (Å²) in [6, 6.07) is 4.05. The van der Waals surface area contributed by atoms with E-state index in [0.29, 0.717) is 0 Å². The van der Waals surface area contributed by atoms with Crippen molar-refractivity contribution in [3.63, 3.8) is 0 Å². The lowest BCUT2D eigenvalue weighted by Gasteiger charge is -2.20. The van der Waals surface area contributed by atoms with Crippen molar-refractivity contribution in [1.29, 1.82) is 0 Å². The molecule has 0 fully saturated rings. The molecule has 2 heterocycles. The van der Waals surface area contributed by atoms with Gasteiger partial charge in [-0.05, 0) is 39.3 Å². The van der Waals surface area contributed by atoms with Gasteiger partial charge in [-0.15, -0.1) is 11.3 Å². The lowest BCUT2D eigenvalue weighted by molar-refractivity contribution is 0.425. The van der Waals surface area contributed by atoms with Crippen LogP contribution in [0.25, 0.3) is 10.6 Å². The van der Waals surface area contributed by atoms with Crippen LogP contribution in [-0.2, 0) is 13.0 Å². The van der Waals surface area contributed by atoms with E-state index in [2.05, 4.69) is 38.0 Å². The minimum absolute atomic E-state index is 0.129. The number of nitrogens with zero attached hydrogens (tertiary/aromatic N) is 2. The van der Waals surface area contributed by atoms with Crippen LogP contribution in [-0.4, -0.2) is 15.5 Å². The van der Waals surface area contributed by atoms with Crippen molar-refractivity contribution < 1.29 is 0 Å². The Morgan fingerprint density at radius 3 is 2.50 bits per heavy atom. The molecule has 2 rings (SSSR count). The summed E-state index contributed by atoms with van der Waals surface area (Å²) >= 11 is 1.79. The second-order valence-corrected chi connectivity index (χ2v) is 7.06. The van der Waals surface area contributed by atoms with E-state index in [1.54, 1.807) is 11.3 Å². The zero-order chi connectivity index (χ0) is 14.6. The molecule has 0 aromatic carbocycles. The van der Waals surface area contributed by atoms with Crippen LogP contribution < -0.4 is 5.32 Å². The molecule has 2 aromatic heterocycles. The molecule has 0 amide bonds. The molecule has 0 radical (unpaired) electrons. The molecule has 20 heavy (non-hydrogen) atoms. The Labute approximate surface area is 125 Å². The predicted molar refractivity (Wildman–Crippen MR) is 85.9 cm³/mol. The maximum absolute atomic E-state index is 4.82. The van der Waals surface area contributed by atoms with Gasteiger partial charge in [0, 0.05) is 34.9 Å². The van der Waals surface area contributed by atoms with Gasteiger partial charge < -0.3 is 5.32 Å². The van der Waals surface area contributed by atoms with Crippen molar-refractivity contribution in [1.82, 2.24) is 15.3 Å². The number of thiazole rings is 1. The highest BCUT2D eigenvalue weighted by atomic mass is 32.1. The summed E-state index contributed by atoms with van der Waals surface area (Å²) in [5.41, 5.74) is 2.52. The third-order valence-corrected chi connectivity index (χ3v) is 4.12. The van der Waals surface area contributed by atoms with Gasteiger partial charge in [0.25, 0.3) is 0 Å². The van der Waals surface area contributed by atoms with Crippen LogP contribution in [0.3, 0.4) is 0 Å². The van der Waals surface area contributed by atoms with Crippen LogP contribution in [0.2, 0.25) is 0 Å². The molecule has 1 N–H and O–H groups in total. The van der Waals surface area contributed by atoms with Gasteiger partial charge in [0.15, 0.2) is 0 Å². The Bertz CT molecular complexity index is 541. The molecule has 0 aliphatic heterocycles. The minimum atomic E-state index is 0.129. The summed E-state index contributed by atoms with van der Waals surface area (Å²) in [5.74, 6) is 0. The fraction of sp³-hybridized carbons (Fsp3) is 0.500. The second kappa shape index (κ2) is 6.46. The zero-order valence-electron chi connectivity index (χ0n) is 12.7. The van der Waals surface area contributed by atoms with E-state index in [-0.39, 0.29) is 5.54 Å². The Hall–Kier alpha value is -1.26. The quantitative estimate of drug-likeness (QED) is 0.902. The predicted octanol–water partition coefficient (Wildman–Crippen LogP) is 4.05. The van der Waals surface area contributed by atoms with E-state index in [4.69, 9.17) is 4.98 Å². The number of pyridine rings is 1. The van der Waals surface area contributed by atoms with Crippen LogP contribution in [0.4, 0.5) is 0 Å². The number of aromatic nitrogens is 2. The molecule has 108 valence electrons. The van der Waals surface area contributed by atoms with E-state index in [1.165, 1.54) is 10.6 Å². The van der Waals surface area contributed by atoms with Gasteiger partial charge in [-0.3, -0.25) is 4.98 Å². The van der Waals surface area contributed by atoms with Crippen LogP contribution >= 0.6 is 11.3 Å². The van der Waals surface area contributed by atoms with E-state index in [0.717, 1.165) is 30.0 Å². The average molecular weight is 289 g/mol. The van der Waals surface area contributed by atoms with E-state index in [1.807, 2.05) is 24.5 Å². The highest BCUT2D eigenvalue weighted by Gasteiger charge is 2.15. The molecular formula is C16H23N3S. The lowest BCUT2D eigenvalue weighted by Crippen LogP contribution is -2.35. The van der Waals surface area contributed by atoms with Crippen molar-refractivity contribution in [3.8, 4) is 10.6 Å². The molecule has 3 nitrogen and oxygen atoms in total. The summed E-state index contributed by atoms with van der Waals surface area (Å²) in [6.07, 6.45) is 5.82. The Morgan fingerprint density at radius 2 is 1.90 bits per heavy atom. The Morgan fingerprint density at radius 1 is 1.20 bits per heavy atom. The molecule has 0 spiro atoms. The molecular weight excluding hydrogens is 266 g/mol. The van der Waals surface area contributed by atoms with Crippen molar-refractivity contribution in [2.45, 2.75) is 52.6 Å². The molecule has 0 unspecified atom stereocenters. The monoisotopic (exact) mass is 289 g/mol. The second-order valence-electron chi connectivity index (χ2n) is 5.98. The van der Waals surface area contributed by atoms with E-state index >= 15 is 0 Å². The smallest absolute Gasteiger partial charge is 0.124 e. The van der Waals surface area contributed by atoms with Crippen molar-refractivity contribution in [3.05, 3.63) is 35.1 Å². The fourth-order valence-electron chi connectivity index (χ4n) is 1.92. The normalized spacial score (nSPS) is 11.8. The third-order valence-electron chi connectivity index (χ3n) is 2.97. The number of nitrogens with one attached hydrogen (secondary N) is 1. The minimum Gasteiger partial charge on any atom is -0.307 e. The van der Waals surface area contributed by atoms with Gasteiger partial charge in [-0.1, -0.05) is 13.3 Å². The van der Waals surface area contributed by atoms with Crippen molar-refractivity contribution in [2.24, 2.45) is 0 Å². The molecule has 0 aliphatic rings. The SMILES string of the molecule is CCCc1nc(-c2ccncc2)sc1CNC(C)(C)C. The Balaban J connectivity index is 2.24. The summed E-state index contributed by atoms with van der Waals surface area (Å²) in [6.45, 7) is 9.67. The number of rotatable bonds is 5. The van der Waals surface area contributed by atoms with Crippen LogP contribution in [0.1, 0.15) is 44.7 Å². The fourth-order valence-corrected chi connectivity index (χ4v) is 2.97.